The van der Waals surface area contributed by atoms with Crippen LogP contribution in [0.1, 0.15) is 5.56 Å². The second-order valence-corrected chi connectivity index (χ2v) is 9.32. The molecule has 0 fully saturated rings. The van der Waals surface area contributed by atoms with Gasteiger partial charge in [0.15, 0.2) is 15.0 Å². The molecule has 0 aliphatic carbocycles. The quantitative estimate of drug-likeness (QED) is 0.441. The summed E-state index contributed by atoms with van der Waals surface area (Å²) in [5.74, 6) is 0.426. The predicted octanol–water partition coefficient (Wildman–Crippen LogP) is 4.67. The van der Waals surface area contributed by atoms with Crippen molar-refractivity contribution in [3.8, 4) is 11.3 Å². The molecule has 3 aromatic rings. The first kappa shape index (κ1) is 18.9. The third-order valence-corrected chi connectivity index (χ3v) is 6.84. The second-order valence-electron chi connectivity index (χ2n) is 5.71. The van der Waals surface area contributed by atoms with E-state index in [2.05, 4.69) is 9.97 Å². The summed E-state index contributed by atoms with van der Waals surface area (Å²) in [6.07, 6.45) is 1.67. The van der Waals surface area contributed by atoms with Crippen molar-refractivity contribution in [1.82, 2.24) is 9.97 Å². The van der Waals surface area contributed by atoms with E-state index in [1.54, 1.807) is 42.6 Å². The minimum Gasteiger partial charge on any atom is -0.231 e. The molecule has 0 atom stereocenters. The van der Waals surface area contributed by atoms with Crippen LogP contribution in [0.5, 0.6) is 0 Å². The summed E-state index contributed by atoms with van der Waals surface area (Å²) in [4.78, 5) is 9.05. The Kier molecular flexibility index (Phi) is 5.96. The molecule has 0 unspecified atom stereocenters. The highest BCUT2D eigenvalue weighted by Gasteiger charge is 2.14. The third kappa shape index (κ3) is 4.84. The molecule has 4 nitrogen and oxygen atoms in total. The van der Waals surface area contributed by atoms with E-state index in [4.69, 9.17) is 11.6 Å². The Morgan fingerprint density at radius 2 is 1.69 bits per heavy atom. The molecule has 0 N–H and O–H groups in total. The standard InChI is InChI=1S/C19H17ClN2O2S2/c1-14-2-8-17(9-3-14)26(23,24)13-12-25-19-21-11-10-18(22-19)15-4-6-16(20)7-5-15/h2-11H,12-13H2,1H3. The van der Waals surface area contributed by atoms with Crippen molar-refractivity contribution in [2.45, 2.75) is 17.0 Å². The number of aromatic nitrogens is 2. The lowest BCUT2D eigenvalue weighted by molar-refractivity contribution is 0.597. The molecule has 0 amide bonds. The maximum Gasteiger partial charge on any atom is 0.188 e. The first-order valence-electron chi connectivity index (χ1n) is 7.95. The van der Waals surface area contributed by atoms with E-state index in [9.17, 15) is 8.42 Å². The number of sulfone groups is 1. The van der Waals surface area contributed by atoms with E-state index >= 15 is 0 Å². The minimum atomic E-state index is -3.31. The van der Waals surface area contributed by atoms with Gasteiger partial charge in [-0.05, 0) is 37.3 Å². The fraction of sp³-hybridized carbons (Fsp3) is 0.158. The predicted molar refractivity (Wildman–Crippen MR) is 106 cm³/mol. The molecule has 0 saturated heterocycles. The van der Waals surface area contributed by atoms with Crippen LogP contribution in [0.15, 0.2) is 70.8 Å². The van der Waals surface area contributed by atoms with E-state index in [1.165, 1.54) is 11.8 Å². The molecule has 3 rings (SSSR count). The number of thioether (sulfide) groups is 1. The summed E-state index contributed by atoms with van der Waals surface area (Å²) < 4.78 is 24.8. The van der Waals surface area contributed by atoms with Crippen LogP contribution >= 0.6 is 23.4 Å². The highest BCUT2D eigenvalue weighted by Crippen LogP contribution is 2.22. The minimum absolute atomic E-state index is 0.0370. The van der Waals surface area contributed by atoms with Gasteiger partial charge in [-0.1, -0.05) is 53.2 Å². The Balaban J connectivity index is 1.66. The molecular formula is C19H17ClN2O2S2. The van der Waals surface area contributed by atoms with Crippen molar-refractivity contribution >= 4 is 33.2 Å². The van der Waals surface area contributed by atoms with Gasteiger partial charge in [-0.3, -0.25) is 0 Å². The molecule has 1 aromatic heterocycles. The van der Waals surface area contributed by atoms with Crippen LogP contribution in [0.2, 0.25) is 5.02 Å². The van der Waals surface area contributed by atoms with Crippen molar-refractivity contribution < 1.29 is 8.42 Å². The molecule has 0 bridgehead atoms. The zero-order valence-electron chi connectivity index (χ0n) is 14.1. The van der Waals surface area contributed by atoms with E-state index in [0.717, 1.165) is 16.8 Å². The normalized spacial score (nSPS) is 11.5. The number of halogens is 1. The van der Waals surface area contributed by atoms with Crippen LogP contribution in [-0.2, 0) is 9.84 Å². The molecule has 0 saturated carbocycles. The van der Waals surface area contributed by atoms with Gasteiger partial charge in [-0.25, -0.2) is 18.4 Å². The number of benzene rings is 2. The first-order valence-corrected chi connectivity index (χ1v) is 11.0. The number of nitrogens with zero attached hydrogens (tertiary/aromatic N) is 2. The van der Waals surface area contributed by atoms with E-state index in [-0.39, 0.29) is 5.75 Å². The zero-order valence-corrected chi connectivity index (χ0v) is 16.5. The number of aryl methyl sites for hydroxylation is 1. The Labute approximate surface area is 162 Å². The molecule has 0 spiro atoms. The van der Waals surface area contributed by atoms with Crippen LogP contribution in [0.25, 0.3) is 11.3 Å². The smallest absolute Gasteiger partial charge is 0.188 e. The van der Waals surface area contributed by atoms with Gasteiger partial charge in [0.2, 0.25) is 0 Å². The molecule has 0 aliphatic heterocycles. The summed E-state index contributed by atoms with van der Waals surface area (Å²) in [5.41, 5.74) is 2.75. The van der Waals surface area contributed by atoms with Gasteiger partial charge in [0, 0.05) is 22.5 Å². The van der Waals surface area contributed by atoms with Gasteiger partial charge < -0.3 is 0 Å². The molecule has 26 heavy (non-hydrogen) atoms. The SMILES string of the molecule is Cc1ccc(S(=O)(=O)CCSc2nccc(-c3ccc(Cl)cc3)n2)cc1. The molecular weight excluding hydrogens is 388 g/mol. The molecule has 0 aliphatic rings. The van der Waals surface area contributed by atoms with Crippen LogP contribution in [0.3, 0.4) is 0 Å². The van der Waals surface area contributed by atoms with Crippen molar-refractivity contribution in [2.24, 2.45) is 0 Å². The zero-order chi connectivity index (χ0) is 18.6. The average molecular weight is 405 g/mol. The highest BCUT2D eigenvalue weighted by molar-refractivity contribution is 8.00. The van der Waals surface area contributed by atoms with Crippen LogP contribution < -0.4 is 0 Å². The van der Waals surface area contributed by atoms with Gasteiger partial charge in [0.1, 0.15) is 0 Å². The molecule has 2 aromatic carbocycles. The number of hydrogen-bond donors (Lipinski definition) is 0. The lowest BCUT2D eigenvalue weighted by Gasteiger charge is -2.06. The maximum absolute atomic E-state index is 12.4. The number of hydrogen-bond acceptors (Lipinski definition) is 5. The van der Waals surface area contributed by atoms with Crippen LogP contribution in [-0.4, -0.2) is 29.9 Å². The third-order valence-electron chi connectivity index (χ3n) is 3.74. The lowest BCUT2D eigenvalue weighted by Crippen LogP contribution is -2.09. The number of rotatable bonds is 6. The Morgan fingerprint density at radius 1 is 1.00 bits per heavy atom. The molecule has 134 valence electrons. The fourth-order valence-electron chi connectivity index (χ4n) is 2.30. The van der Waals surface area contributed by atoms with Crippen molar-refractivity contribution in [3.05, 3.63) is 71.4 Å². The van der Waals surface area contributed by atoms with E-state index in [1.807, 2.05) is 25.1 Å². The van der Waals surface area contributed by atoms with Crippen molar-refractivity contribution in [1.29, 1.82) is 0 Å². The van der Waals surface area contributed by atoms with Gasteiger partial charge >= 0.3 is 0 Å². The largest absolute Gasteiger partial charge is 0.231 e. The van der Waals surface area contributed by atoms with Gasteiger partial charge in [-0.2, -0.15) is 0 Å². The van der Waals surface area contributed by atoms with Gasteiger partial charge in [0.05, 0.1) is 16.3 Å². The summed E-state index contributed by atoms with van der Waals surface area (Å²) in [5, 5.41) is 1.22. The highest BCUT2D eigenvalue weighted by atomic mass is 35.5. The van der Waals surface area contributed by atoms with Crippen LogP contribution in [0.4, 0.5) is 0 Å². The Bertz CT molecular complexity index is 989. The van der Waals surface area contributed by atoms with Crippen LogP contribution in [0, 0.1) is 6.92 Å². The summed E-state index contributed by atoms with van der Waals surface area (Å²) in [6.45, 7) is 1.93. The van der Waals surface area contributed by atoms with Crippen molar-refractivity contribution in [3.63, 3.8) is 0 Å². The Morgan fingerprint density at radius 3 is 2.38 bits per heavy atom. The van der Waals surface area contributed by atoms with E-state index < -0.39 is 9.84 Å². The second kappa shape index (κ2) is 8.20. The Hall–Kier alpha value is -1.89. The molecule has 0 radical (unpaired) electrons. The molecule has 7 heteroatoms. The lowest BCUT2D eigenvalue weighted by atomic mass is 10.1. The van der Waals surface area contributed by atoms with E-state index in [0.29, 0.717) is 20.8 Å². The monoisotopic (exact) mass is 404 g/mol. The van der Waals surface area contributed by atoms with Gasteiger partial charge in [-0.15, -0.1) is 0 Å². The first-order chi connectivity index (χ1) is 12.4. The fourth-order valence-corrected chi connectivity index (χ4v) is 4.90. The maximum atomic E-state index is 12.4. The topological polar surface area (TPSA) is 59.9 Å². The van der Waals surface area contributed by atoms with Gasteiger partial charge in [0.25, 0.3) is 0 Å². The summed E-state index contributed by atoms with van der Waals surface area (Å²) in [7, 11) is -3.31. The summed E-state index contributed by atoms with van der Waals surface area (Å²) >= 11 is 7.24. The van der Waals surface area contributed by atoms with Crippen molar-refractivity contribution in [2.75, 3.05) is 11.5 Å². The molecule has 1 heterocycles. The summed E-state index contributed by atoms with van der Waals surface area (Å²) in [6, 6.07) is 16.1. The average Bonchev–Trinajstić information content (AvgIpc) is 2.63.